The number of anilines is 2. The second-order valence-electron chi connectivity index (χ2n) is 6.48. The molecule has 3 amide bonds. The zero-order chi connectivity index (χ0) is 18.5. The molecule has 0 aliphatic carbocycles. The van der Waals surface area contributed by atoms with Crippen molar-refractivity contribution in [2.24, 2.45) is 0 Å². The summed E-state index contributed by atoms with van der Waals surface area (Å²) in [6.45, 7) is 5.86. The SMILES string of the molecule is CCN(CCn1cccn1)C(=O)Nc1ccc(N2C(=O)CCC2C)cc1. The summed E-state index contributed by atoms with van der Waals surface area (Å²) >= 11 is 0. The van der Waals surface area contributed by atoms with Crippen LogP contribution < -0.4 is 10.2 Å². The number of carbonyl (C=O) groups excluding carboxylic acids is 2. The monoisotopic (exact) mass is 355 g/mol. The van der Waals surface area contributed by atoms with Gasteiger partial charge in [0.25, 0.3) is 0 Å². The second kappa shape index (κ2) is 8.03. The van der Waals surface area contributed by atoms with Crippen LogP contribution in [0.5, 0.6) is 0 Å². The first kappa shape index (κ1) is 18.0. The molecule has 1 aromatic carbocycles. The maximum Gasteiger partial charge on any atom is 0.321 e. The van der Waals surface area contributed by atoms with E-state index in [2.05, 4.69) is 17.3 Å². The molecule has 0 spiro atoms. The zero-order valence-corrected chi connectivity index (χ0v) is 15.3. The largest absolute Gasteiger partial charge is 0.323 e. The van der Waals surface area contributed by atoms with Crippen LogP contribution in [0.3, 0.4) is 0 Å². The highest BCUT2D eigenvalue weighted by molar-refractivity contribution is 5.96. The van der Waals surface area contributed by atoms with Crippen LogP contribution in [0.1, 0.15) is 26.7 Å². The summed E-state index contributed by atoms with van der Waals surface area (Å²) < 4.78 is 1.80. The van der Waals surface area contributed by atoms with Crippen molar-refractivity contribution in [2.75, 3.05) is 23.3 Å². The molecular formula is C19H25N5O2. The van der Waals surface area contributed by atoms with E-state index in [0.29, 0.717) is 26.1 Å². The van der Waals surface area contributed by atoms with Crippen LogP contribution in [0.2, 0.25) is 0 Å². The van der Waals surface area contributed by atoms with Gasteiger partial charge in [0.15, 0.2) is 0 Å². The number of urea groups is 1. The quantitative estimate of drug-likeness (QED) is 0.866. The topological polar surface area (TPSA) is 70.5 Å². The van der Waals surface area contributed by atoms with Crippen molar-refractivity contribution in [3.8, 4) is 0 Å². The lowest BCUT2D eigenvalue weighted by Gasteiger charge is -2.23. The minimum atomic E-state index is -0.141. The minimum Gasteiger partial charge on any atom is -0.323 e. The van der Waals surface area contributed by atoms with E-state index in [1.54, 1.807) is 15.8 Å². The van der Waals surface area contributed by atoms with Crippen molar-refractivity contribution >= 4 is 23.3 Å². The minimum absolute atomic E-state index is 0.141. The number of nitrogens with zero attached hydrogens (tertiary/aromatic N) is 4. The molecule has 1 fully saturated rings. The molecule has 138 valence electrons. The van der Waals surface area contributed by atoms with Crippen molar-refractivity contribution in [1.82, 2.24) is 14.7 Å². The fourth-order valence-electron chi connectivity index (χ4n) is 3.19. The third-order valence-electron chi connectivity index (χ3n) is 4.71. The maximum absolute atomic E-state index is 12.5. The Bertz CT molecular complexity index is 742. The number of benzene rings is 1. The van der Waals surface area contributed by atoms with Crippen LogP contribution in [-0.2, 0) is 11.3 Å². The lowest BCUT2D eigenvalue weighted by Crippen LogP contribution is -2.37. The summed E-state index contributed by atoms with van der Waals surface area (Å²) in [5.74, 6) is 0.157. The smallest absolute Gasteiger partial charge is 0.321 e. The highest BCUT2D eigenvalue weighted by Gasteiger charge is 2.28. The van der Waals surface area contributed by atoms with Crippen LogP contribution in [0, 0.1) is 0 Å². The summed E-state index contributed by atoms with van der Waals surface area (Å²) in [4.78, 5) is 28.0. The predicted octanol–water partition coefficient (Wildman–Crippen LogP) is 2.95. The number of amides is 3. The second-order valence-corrected chi connectivity index (χ2v) is 6.48. The highest BCUT2D eigenvalue weighted by atomic mass is 16.2. The van der Waals surface area contributed by atoms with Crippen LogP contribution in [0.25, 0.3) is 0 Å². The Balaban J connectivity index is 1.58. The lowest BCUT2D eigenvalue weighted by molar-refractivity contribution is -0.117. The predicted molar refractivity (Wildman–Crippen MR) is 101 cm³/mol. The molecule has 2 aromatic rings. The first-order chi connectivity index (χ1) is 12.6. The fraction of sp³-hybridized carbons (Fsp3) is 0.421. The van der Waals surface area contributed by atoms with Gasteiger partial charge in [0.05, 0.1) is 6.54 Å². The molecule has 7 nitrogen and oxygen atoms in total. The van der Waals surface area contributed by atoms with E-state index in [4.69, 9.17) is 0 Å². The standard InChI is InChI=1S/C19H25N5O2/c1-3-22(13-14-23-12-4-11-20-23)19(26)21-16-6-8-17(9-7-16)24-15(2)5-10-18(24)25/h4,6-9,11-12,15H,3,5,10,13-14H2,1-2H3,(H,21,26). The van der Waals surface area contributed by atoms with Crippen molar-refractivity contribution in [3.05, 3.63) is 42.7 Å². The first-order valence-electron chi connectivity index (χ1n) is 9.04. The van der Waals surface area contributed by atoms with Gasteiger partial charge in [-0.25, -0.2) is 4.79 Å². The number of aromatic nitrogens is 2. The molecule has 7 heteroatoms. The van der Waals surface area contributed by atoms with Crippen LogP contribution >= 0.6 is 0 Å². The Morgan fingerprint density at radius 3 is 2.69 bits per heavy atom. The number of rotatable bonds is 6. The van der Waals surface area contributed by atoms with Crippen LogP contribution in [-0.4, -0.2) is 45.8 Å². The van der Waals surface area contributed by atoms with Gasteiger partial charge in [-0.3, -0.25) is 9.48 Å². The third-order valence-corrected chi connectivity index (χ3v) is 4.71. The fourth-order valence-corrected chi connectivity index (χ4v) is 3.19. The number of carbonyl (C=O) groups is 2. The molecule has 1 aliphatic heterocycles. The number of hydrogen-bond donors (Lipinski definition) is 1. The molecule has 1 aliphatic rings. The normalized spacial score (nSPS) is 16.8. The van der Waals surface area contributed by atoms with Gasteiger partial charge in [-0.1, -0.05) is 0 Å². The van der Waals surface area contributed by atoms with E-state index in [1.165, 1.54) is 0 Å². The van der Waals surface area contributed by atoms with Gasteiger partial charge >= 0.3 is 6.03 Å². The molecule has 0 saturated carbocycles. The molecule has 26 heavy (non-hydrogen) atoms. The summed E-state index contributed by atoms with van der Waals surface area (Å²) in [6.07, 6.45) is 5.09. The van der Waals surface area contributed by atoms with Crippen molar-refractivity contribution < 1.29 is 9.59 Å². The molecule has 1 saturated heterocycles. The Labute approximate surface area is 153 Å². The average Bonchev–Trinajstić information content (AvgIpc) is 3.26. The first-order valence-corrected chi connectivity index (χ1v) is 9.04. The maximum atomic E-state index is 12.5. The Hall–Kier alpha value is -2.83. The lowest BCUT2D eigenvalue weighted by atomic mass is 10.2. The molecule has 2 heterocycles. The Kier molecular flexibility index (Phi) is 5.55. The van der Waals surface area contributed by atoms with Gasteiger partial charge in [0.1, 0.15) is 0 Å². The van der Waals surface area contributed by atoms with Crippen molar-refractivity contribution in [2.45, 2.75) is 39.3 Å². The van der Waals surface area contributed by atoms with Crippen molar-refractivity contribution in [3.63, 3.8) is 0 Å². The van der Waals surface area contributed by atoms with Gasteiger partial charge in [-0.15, -0.1) is 0 Å². The highest BCUT2D eigenvalue weighted by Crippen LogP contribution is 2.27. The van der Waals surface area contributed by atoms with E-state index < -0.39 is 0 Å². The molecule has 0 bridgehead atoms. The Morgan fingerprint density at radius 2 is 2.12 bits per heavy atom. The van der Waals surface area contributed by atoms with Crippen LogP contribution in [0.4, 0.5) is 16.2 Å². The van der Waals surface area contributed by atoms with Gasteiger partial charge in [0, 0.05) is 49.3 Å². The molecule has 1 atom stereocenters. The number of likely N-dealkylation sites (N-methyl/N-ethyl adjacent to an activating group) is 1. The van der Waals surface area contributed by atoms with E-state index >= 15 is 0 Å². The molecule has 1 N–H and O–H groups in total. The van der Waals surface area contributed by atoms with Gasteiger partial charge < -0.3 is 15.1 Å². The molecule has 0 radical (unpaired) electrons. The molecule has 3 rings (SSSR count). The molecule has 1 unspecified atom stereocenters. The van der Waals surface area contributed by atoms with E-state index in [0.717, 1.165) is 17.8 Å². The van der Waals surface area contributed by atoms with Crippen LogP contribution in [0.15, 0.2) is 42.7 Å². The van der Waals surface area contributed by atoms with E-state index in [1.807, 2.05) is 48.4 Å². The molecular weight excluding hydrogens is 330 g/mol. The van der Waals surface area contributed by atoms with Gasteiger partial charge in [-0.05, 0) is 50.6 Å². The molecule has 1 aromatic heterocycles. The summed E-state index contributed by atoms with van der Waals surface area (Å²) in [7, 11) is 0. The third kappa shape index (κ3) is 4.04. The number of hydrogen-bond acceptors (Lipinski definition) is 3. The Morgan fingerprint density at radius 1 is 1.35 bits per heavy atom. The van der Waals surface area contributed by atoms with Crippen molar-refractivity contribution in [1.29, 1.82) is 0 Å². The van der Waals surface area contributed by atoms with Gasteiger partial charge in [-0.2, -0.15) is 5.10 Å². The van der Waals surface area contributed by atoms with E-state index in [9.17, 15) is 9.59 Å². The number of nitrogens with one attached hydrogen (secondary N) is 1. The zero-order valence-electron chi connectivity index (χ0n) is 15.3. The summed E-state index contributed by atoms with van der Waals surface area (Å²) in [5, 5.41) is 7.07. The van der Waals surface area contributed by atoms with Gasteiger partial charge in [0.2, 0.25) is 5.91 Å². The summed E-state index contributed by atoms with van der Waals surface area (Å²) in [6, 6.07) is 9.40. The summed E-state index contributed by atoms with van der Waals surface area (Å²) in [5.41, 5.74) is 1.60. The average molecular weight is 355 g/mol. The van der Waals surface area contributed by atoms with E-state index in [-0.39, 0.29) is 18.0 Å².